The minimum Gasteiger partial charge on any atom is -1.00 e. The number of nitrogens with two attached hydrogens (primary N) is 2. The molecule has 258 valence electrons. The number of unbranched alkanes of at least 4 members (excludes halogenated alkanes) is 2. The second-order valence-corrected chi connectivity index (χ2v) is 11.3. The molecule has 0 spiro atoms. The highest BCUT2D eigenvalue weighted by atomic mass is 35.5. The lowest BCUT2D eigenvalue weighted by Gasteiger charge is -2.23. The minimum atomic E-state index is -0.841. The molecule has 2 amide bonds. The molecule has 11 nitrogen and oxygen atoms in total. The van der Waals surface area contributed by atoms with Gasteiger partial charge in [0.25, 0.3) is 0 Å². The molecule has 2 aromatic rings. The van der Waals surface area contributed by atoms with Gasteiger partial charge in [0.05, 0.1) is 19.7 Å². The lowest BCUT2D eigenvalue weighted by Crippen LogP contribution is -3.00. The molecule has 0 aliphatic rings. The summed E-state index contributed by atoms with van der Waals surface area (Å²) in [6.07, 6.45) is 6.21. The van der Waals surface area contributed by atoms with Crippen molar-refractivity contribution in [2.45, 2.75) is 76.8 Å². The van der Waals surface area contributed by atoms with E-state index in [4.69, 9.17) is 20.9 Å². The number of aryl methyl sites for hydroxylation is 1. The SMILES string of the molecule is C=CCOc1ccc(C[C@H](NC(C)=O)C(=O)C[C@@H](CCCC[NH+]=C(N)N)C(=O)N[C@@H](CCCCc2ccccc2)C(=O)OC)cc1.[Cl-]. The molecular weight excluding hydrogens is 622 g/mol. The van der Waals surface area contributed by atoms with E-state index < -0.39 is 29.9 Å². The van der Waals surface area contributed by atoms with E-state index in [1.54, 1.807) is 18.2 Å². The molecule has 0 saturated heterocycles. The van der Waals surface area contributed by atoms with Crippen molar-refractivity contribution in [1.82, 2.24) is 10.6 Å². The Balaban J connectivity index is 0.0000110. The lowest BCUT2D eigenvalue weighted by molar-refractivity contribution is -0.459. The van der Waals surface area contributed by atoms with Gasteiger partial charge in [-0.2, -0.15) is 0 Å². The van der Waals surface area contributed by atoms with E-state index in [9.17, 15) is 19.2 Å². The fraction of sp³-hybridized carbons (Fsp3) is 0.457. The zero-order valence-corrected chi connectivity index (χ0v) is 28.2. The first-order valence-electron chi connectivity index (χ1n) is 15.8. The predicted octanol–water partition coefficient (Wildman–Crippen LogP) is -1.53. The third kappa shape index (κ3) is 16.7. The largest absolute Gasteiger partial charge is 1.00 e. The number of methoxy groups -OCH3 is 1. The van der Waals surface area contributed by atoms with Crippen LogP contribution in [0.4, 0.5) is 0 Å². The van der Waals surface area contributed by atoms with Gasteiger partial charge >= 0.3 is 11.9 Å². The molecule has 0 aliphatic carbocycles. The van der Waals surface area contributed by atoms with Crippen LogP contribution in [0.5, 0.6) is 5.75 Å². The van der Waals surface area contributed by atoms with E-state index in [0.29, 0.717) is 51.0 Å². The highest BCUT2D eigenvalue weighted by Crippen LogP contribution is 2.19. The first-order chi connectivity index (χ1) is 22.1. The Morgan fingerprint density at radius 3 is 2.19 bits per heavy atom. The molecule has 0 aliphatic heterocycles. The number of ketones is 1. The fourth-order valence-corrected chi connectivity index (χ4v) is 5.07. The smallest absolute Gasteiger partial charge is 0.338 e. The van der Waals surface area contributed by atoms with Gasteiger partial charge in [-0.3, -0.25) is 30.8 Å². The number of esters is 1. The van der Waals surface area contributed by atoms with Crippen molar-refractivity contribution in [1.29, 1.82) is 0 Å². The monoisotopic (exact) mass is 671 g/mol. The molecule has 2 rings (SSSR count). The van der Waals surface area contributed by atoms with E-state index in [1.165, 1.54) is 19.6 Å². The van der Waals surface area contributed by atoms with E-state index in [0.717, 1.165) is 18.4 Å². The number of benzene rings is 2. The van der Waals surface area contributed by atoms with Crippen LogP contribution in [0, 0.1) is 5.92 Å². The van der Waals surface area contributed by atoms with Gasteiger partial charge in [-0.05, 0) is 68.2 Å². The maximum absolute atomic E-state index is 13.6. The van der Waals surface area contributed by atoms with Crippen LogP contribution in [0.15, 0.2) is 67.3 Å². The summed E-state index contributed by atoms with van der Waals surface area (Å²) in [5.41, 5.74) is 13.0. The maximum Gasteiger partial charge on any atom is 0.338 e. The lowest BCUT2D eigenvalue weighted by atomic mass is 9.90. The molecule has 0 heterocycles. The van der Waals surface area contributed by atoms with Crippen LogP contribution in [-0.2, 0) is 36.8 Å². The van der Waals surface area contributed by atoms with Crippen molar-refractivity contribution >= 4 is 29.5 Å². The second kappa shape index (κ2) is 23.0. The van der Waals surface area contributed by atoms with Crippen LogP contribution in [0.25, 0.3) is 0 Å². The summed E-state index contributed by atoms with van der Waals surface area (Å²) in [6.45, 7) is 5.87. The Bertz CT molecular complexity index is 1290. The average Bonchev–Trinajstić information content (AvgIpc) is 3.04. The van der Waals surface area contributed by atoms with Crippen molar-refractivity contribution in [3.63, 3.8) is 0 Å². The Kier molecular flexibility index (Phi) is 19.9. The summed E-state index contributed by atoms with van der Waals surface area (Å²) in [5.74, 6) is -1.54. The van der Waals surface area contributed by atoms with Gasteiger partial charge in [-0.25, -0.2) is 4.79 Å². The van der Waals surface area contributed by atoms with Crippen molar-refractivity contribution in [2.75, 3.05) is 20.3 Å². The molecule has 0 bridgehead atoms. The van der Waals surface area contributed by atoms with Gasteiger partial charge in [-0.1, -0.05) is 61.5 Å². The summed E-state index contributed by atoms with van der Waals surface area (Å²) in [5, 5.41) is 5.60. The van der Waals surface area contributed by atoms with E-state index in [1.807, 2.05) is 30.3 Å². The minimum absolute atomic E-state index is 0. The molecule has 47 heavy (non-hydrogen) atoms. The third-order valence-electron chi connectivity index (χ3n) is 7.48. The van der Waals surface area contributed by atoms with E-state index in [2.05, 4.69) is 34.3 Å². The quantitative estimate of drug-likeness (QED) is 0.0329. The topological polar surface area (TPSA) is 177 Å². The summed E-state index contributed by atoms with van der Waals surface area (Å²) >= 11 is 0. The van der Waals surface area contributed by atoms with Crippen molar-refractivity contribution in [2.24, 2.45) is 17.4 Å². The number of halogens is 1. The zero-order chi connectivity index (χ0) is 33.7. The first kappa shape index (κ1) is 40.6. The van der Waals surface area contributed by atoms with Crippen LogP contribution in [0.1, 0.15) is 63.0 Å². The predicted molar refractivity (Wildman–Crippen MR) is 178 cm³/mol. The second-order valence-electron chi connectivity index (χ2n) is 11.3. The molecule has 0 radical (unpaired) electrons. The molecule has 0 saturated carbocycles. The highest BCUT2D eigenvalue weighted by Gasteiger charge is 2.30. The number of rotatable bonds is 22. The van der Waals surface area contributed by atoms with Crippen molar-refractivity contribution in [3.8, 4) is 5.75 Å². The zero-order valence-electron chi connectivity index (χ0n) is 27.5. The number of nitrogens with one attached hydrogen (secondary N) is 3. The van der Waals surface area contributed by atoms with Crippen LogP contribution >= 0.6 is 0 Å². The van der Waals surface area contributed by atoms with Crippen molar-refractivity contribution in [3.05, 3.63) is 78.4 Å². The number of carbonyl (C=O) groups excluding carboxylic acids is 4. The van der Waals surface area contributed by atoms with Crippen LogP contribution < -0.4 is 44.2 Å². The normalized spacial score (nSPS) is 12.3. The summed E-state index contributed by atoms with van der Waals surface area (Å²) in [7, 11) is 1.29. The molecule has 2 aromatic carbocycles. The molecular formula is C35H50ClN5O6. The number of ether oxygens (including phenoxy) is 2. The van der Waals surface area contributed by atoms with Gasteiger partial charge in [0.2, 0.25) is 11.8 Å². The number of hydrogen-bond donors (Lipinski definition) is 5. The maximum atomic E-state index is 13.6. The molecule has 3 atom stereocenters. The Morgan fingerprint density at radius 2 is 1.57 bits per heavy atom. The number of guanidine groups is 1. The molecule has 12 heteroatoms. The van der Waals surface area contributed by atoms with Crippen LogP contribution in [-0.4, -0.2) is 61.9 Å². The Labute approximate surface area is 284 Å². The summed E-state index contributed by atoms with van der Waals surface area (Å²) in [4.78, 5) is 54.8. The average molecular weight is 672 g/mol. The van der Waals surface area contributed by atoms with Crippen LogP contribution in [0.3, 0.4) is 0 Å². The van der Waals surface area contributed by atoms with Crippen LogP contribution in [0.2, 0.25) is 0 Å². The van der Waals surface area contributed by atoms with Gasteiger partial charge in [0.1, 0.15) is 18.4 Å². The number of hydrogen-bond acceptors (Lipinski definition) is 6. The molecule has 0 fully saturated rings. The third-order valence-corrected chi connectivity index (χ3v) is 7.48. The van der Waals surface area contributed by atoms with Gasteiger partial charge in [0.15, 0.2) is 5.78 Å². The molecule has 0 aromatic heterocycles. The highest BCUT2D eigenvalue weighted by molar-refractivity contribution is 5.93. The number of amides is 2. The van der Waals surface area contributed by atoms with E-state index in [-0.39, 0.29) is 42.9 Å². The summed E-state index contributed by atoms with van der Waals surface area (Å²) < 4.78 is 10.5. The molecule has 7 N–H and O–H groups in total. The number of carbonyl (C=O) groups is 4. The fourth-order valence-electron chi connectivity index (χ4n) is 5.07. The number of Topliss-reactive ketones (excluding diaryl/α,β-unsaturated/α-hetero) is 1. The van der Waals surface area contributed by atoms with Gasteiger partial charge in [-0.15, -0.1) is 0 Å². The molecule has 0 unspecified atom stereocenters. The van der Waals surface area contributed by atoms with E-state index >= 15 is 0 Å². The van der Waals surface area contributed by atoms with Crippen molar-refractivity contribution < 1.29 is 46.1 Å². The van der Waals surface area contributed by atoms with Gasteiger partial charge < -0.3 is 32.5 Å². The standard InChI is InChI=1S/C35H49N5O6.ClH/c1-4-22-46-29-19-17-27(18-20-29)23-31(39-25(2)41)32(42)24-28(15-10-11-21-38-35(36)37)33(43)40-30(34(44)45-3)16-9-8-14-26-12-6-5-7-13-26;/h4-7,12-13,17-20,28,30-31H,1,8-11,14-16,21-24H2,2-3H3,(H,39,41)(H,40,43)(H4,36,37,38);1H/t28-,30+,31+;/m1./s1. The Morgan fingerprint density at radius 1 is 0.894 bits per heavy atom. The summed E-state index contributed by atoms with van der Waals surface area (Å²) in [6, 6.07) is 15.6. The first-order valence-corrected chi connectivity index (χ1v) is 15.8. The Hall–Kier alpha value is -4.38. The van der Waals surface area contributed by atoms with Gasteiger partial charge in [0, 0.05) is 19.3 Å².